The van der Waals surface area contributed by atoms with Crippen LogP contribution in [0.25, 0.3) is 0 Å². The summed E-state index contributed by atoms with van der Waals surface area (Å²) in [5.74, 6) is -1.87. The normalized spacial score (nSPS) is 11.3. The number of ether oxygens (including phenoxy) is 2. The lowest BCUT2D eigenvalue weighted by Gasteiger charge is -2.19. The van der Waals surface area contributed by atoms with E-state index in [1.165, 1.54) is 31.3 Å². The number of rotatable bonds is 7. The lowest BCUT2D eigenvalue weighted by molar-refractivity contribution is 0.0474. The van der Waals surface area contributed by atoms with Crippen LogP contribution < -0.4 is 22.3 Å². The Morgan fingerprint density at radius 1 is 1.09 bits per heavy atom. The average Bonchev–Trinajstić information content (AvgIpc) is 2.72. The molecule has 1 amide bonds. The zero-order chi connectivity index (χ0) is 25.8. The number of nitrogens with one attached hydrogen (secondary N) is 1. The zero-order valence-corrected chi connectivity index (χ0v) is 20.1. The molecule has 0 unspecified atom stereocenters. The third-order valence-corrected chi connectivity index (χ3v) is 4.51. The van der Waals surface area contributed by atoms with Crippen LogP contribution in [0, 0.1) is 5.92 Å². The fourth-order valence-electron chi connectivity index (χ4n) is 2.98. The van der Waals surface area contributed by atoms with E-state index in [4.69, 9.17) is 15.2 Å². The number of anilines is 2. The molecule has 1 aromatic heterocycles. The van der Waals surface area contributed by atoms with Crippen LogP contribution in [-0.2, 0) is 23.1 Å². The maximum absolute atomic E-state index is 12.7. The zero-order valence-electron chi connectivity index (χ0n) is 20.1. The van der Waals surface area contributed by atoms with Crippen molar-refractivity contribution in [2.24, 2.45) is 13.0 Å². The molecule has 1 aromatic carbocycles. The molecule has 0 atom stereocenters. The maximum Gasteiger partial charge on any atom is 0.412 e. The van der Waals surface area contributed by atoms with Gasteiger partial charge in [0, 0.05) is 19.3 Å². The molecule has 11 nitrogen and oxygen atoms in total. The molecule has 0 aliphatic heterocycles. The molecule has 2 rings (SSSR count). The first kappa shape index (κ1) is 26.4. The number of amides is 1. The summed E-state index contributed by atoms with van der Waals surface area (Å²) in [7, 11) is 1.25. The molecule has 0 saturated carbocycles. The van der Waals surface area contributed by atoms with E-state index in [0.29, 0.717) is 5.69 Å². The molecular weight excluding hydrogens is 444 g/mol. The average molecular weight is 475 g/mol. The van der Waals surface area contributed by atoms with Gasteiger partial charge >= 0.3 is 17.8 Å². The molecule has 0 saturated heterocycles. The SMILES string of the molecule is CC(C)Cn1c(N)c(C(=O)COC(=O)c2ccc(NC(=O)OC(C)(C)C)cc2)c(=O)n(C)c1=O. The van der Waals surface area contributed by atoms with Crippen molar-refractivity contribution in [2.75, 3.05) is 17.7 Å². The van der Waals surface area contributed by atoms with E-state index in [0.717, 1.165) is 9.13 Å². The second-order valence-corrected chi connectivity index (χ2v) is 9.11. The molecule has 0 bridgehead atoms. The minimum absolute atomic E-state index is 0.0334. The lowest BCUT2D eigenvalue weighted by Crippen LogP contribution is -2.43. The molecule has 2 aromatic rings. The number of nitrogens with zero attached hydrogens (tertiary/aromatic N) is 2. The molecule has 0 radical (unpaired) electrons. The van der Waals surface area contributed by atoms with Gasteiger partial charge in [-0.15, -0.1) is 0 Å². The maximum atomic E-state index is 12.7. The first-order chi connectivity index (χ1) is 15.7. The van der Waals surface area contributed by atoms with E-state index >= 15 is 0 Å². The first-order valence-corrected chi connectivity index (χ1v) is 10.6. The quantitative estimate of drug-likeness (QED) is 0.457. The van der Waals surface area contributed by atoms with Crippen LogP contribution >= 0.6 is 0 Å². The largest absolute Gasteiger partial charge is 0.454 e. The van der Waals surface area contributed by atoms with Crippen molar-refractivity contribution in [3.63, 3.8) is 0 Å². The van der Waals surface area contributed by atoms with Crippen molar-refractivity contribution < 1.29 is 23.9 Å². The Balaban J connectivity index is 2.12. The van der Waals surface area contributed by atoms with Gasteiger partial charge in [-0.2, -0.15) is 0 Å². The molecule has 0 spiro atoms. The molecule has 1 heterocycles. The van der Waals surface area contributed by atoms with Gasteiger partial charge in [0.25, 0.3) is 5.56 Å². The van der Waals surface area contributed by atoms with Crippen LogP contribution in [0.1, 0.15) is 55.3 Å². The highest BCUT2D eigenvalue weighted by molar-refractivity contribution is 6.02. The Labute approximate surface area is 196 Å². The summed E-state index contributed by atoms with van der Waals surface area (Å²) in [6.45, 7) is 8.38. The number of esters is 1. The highest BCUT2D eigenvalue weighted by Gasteiger charge is 2.23. The second kappa shape index (κ2) is 10.4. The third-order valence-electron chi connectivity index (χ3n) is 4.51. The van der Waals surface area contributed by atoms with Crippen molar-refractivity contribution in [1.82, 2.24) is 9.13 Å². The lowest BCUT2D eigenvalue weighted by atomic mass is 10.1. The van der Waals surface area contributed by atoms with Gasteiger partial charge in [-0.1, -0.05) is 13.8 Å². The number of hydrogen-bond donors (Lipinski definition) is 2. The third kappa shape index (κ3) is 6.56. The minimum Gasteiger partial charge on any atom is -0.454 e. The van der Waals surface area contributed by atoms with Gasteiger partial charge in [-0.25, -0.2) is 14.4 Å². The number of aromatic nitrogens is 2. The second-order valence-electron chi connectivity index (χ2n) is 9.11. The van der Waals surface area contributed by atoms with Crippen LogP contribution in [0.15, 0.2) is 33.9 Å². The van der Waals surface area contributed by atoms with Crippen molar-refractivity contribution in [3.8, 4) is 0 Å². The number of carbonyl (C=O) groups is 3. The van der Waals surface area contributed by atoms with Crippen LogP contribution in [0.5, 0.6) is 0 Å². The van der Waals surface area contributed by atoms with E-state index in [1.807, 2.05) is 13.8 Å². The molecule has 0 aliphatic carbocycles. The highest BCUT2D eigenvalue weighted by atomic mass is 16.6. The number of hydrogen-bond acceptors (Lipinski definition) is 8. The smallest absolute Gasteiger partial charge is 0.412 e. The molecular formula is C23H30N4O7. The van der Waals surface area contributed by atoms with Crippen LogP contribution in [0.4, 0.5) is 16.3 Å². The van der Waals surface area contributed by atoms with Crippen LogP contribution in [0.3, 0.4) is 0 Å². The van der Waals surface area contributed by atoms with Crippen LogP contribution in [0.2, 0.25) is 0 Å². The molecule has 0 aliphatic rings. The van der Waals surface area contributed by atoms with Gasteiger partial charge in [0.2, 0.25) is 5.78 Å². The van der Waals surface area contributed by atoms with Gasteiger partial charge in [0.15, 0.2) is 6.61 Å². The Bertz CT molecular complexity index is 1200. The summed E-state index contributed by atoms with van der Waals surface area (Å²) in [5, 5.41) is 2.53. The van der Waals surface area contributed by atoms with Crippen molar-refractivity contribution >= 4 is 29.4 Å². The summed E-state index contributed by atoms with van der Waals surface area (Å²) < 4.78 is 12.1. The van der Waals surface area contributed by atoms with Gasteiger partial charge in [0.1, 0.15) is 17.0 Å². The predicted octanol–water partition coefficient (Wildman–Crippen LogP) is 2.17. The number of nitrogens with two attached hydrogens (primary N) is 1. The van der Waals surface area contributed by atoms with Gasteiger partial charge in [-0.3, -0.25) is 24.0 Å². The van der Waals surface area contributed by atoms with Gasteiger partial charge < -0.3 is 15.2 Å². The van der Waals surface area contributed by atoms with E-state index < -0.39 is 46.9 Å². The number of benzene rings is 1. The Kier molecular flexibility index (Phi) is 8.04. The van der Waals surface area contributed by atoms with Crippen molar-refractivity contribution in [3.05, 3.63) is 56.2 Å². The number of carbonyl (C=O) groups excluding carboxylic acids is 3. The topological polar surface area (TPSA) is 152 Å². The molecule has 11 heteroatoms. The van der Waals surface area contributed by atoms with E-state index in [-0.39, 0.29) is 23.8 Å². The predicted molar refractivity (Wildman–Crippen MR) is 126 cm³/mol. The summed E-state index contributed by atoms with van der Waals surface area (Å²) >= 11 is 0. The molecule has 184 valence electrons. The number of ketones is 1. The Morgan fingerprint density at radius 3 is 2.21 bits per heavy atom. The Morgan fingerprint density at radius 2 is 1.68 bits per heavy atom. The Hall–Kier alpha value is -3.89. The summed E-state index contributed by atoms with van der Waals surface area (Å²) in [5.41, 5.74) is 3.91. The van der Waals surface area contributed by atoms with Gasteiger partial charge in [-0.05, 0) is 51.0 Å². The number of Topliss-reactive ketones (excluding diaryl/α,β-unsaturated/α-hetero) is 1. The fourth-order valence-corrected chi connectivity index (χ4v) is 2.98. The minimum atomic E-state index is -0.860. The van der Waals surface area contributed by atoms with Crippen molar-refractivity contribution in [1.29, 1.82) is 0 Å². The molecule has 0 fully saturated rings. The van der Waals surface area contributed by atoms with E-state index in [9.17, 15) is 24.0 Å². The van der Waals surface area contributed by atoms with E-state index in [1.54, 1.807) is 20.8 Å². The first-order valence-electron chi connectivity index (χ1n) is 10.6. The van der Waals surface area contributed by atoms with E-state index in [2.05, 4.69) is 5.32 Å². The molecule has 3 N–H and O–H groups in total. The van der Waals surface area contributed by atoms with Gasteiger partial charge in [0.05, 0.1) is 5.56 Å². The summed E-state index contributed by atoms with van der Waals surface area (Å²) in [6, 6.07) is 5.74. The van der Waals surface area contributed by atoms with Crippen LogP contribution in [-0.4, -0.2) is 39.2 Å². The van der Waals surface area contributed by atoms with Crippen molar-refractivity contribution in [2.45, 2.75) is 46.8 Å². The number of nitrogen functional groups attached to an aromatic ring is 1. The summed E-state index contributed by atoms with van der Waals surface area (Å²) in [4.78, 5) is 61.7. The monoisotopic (exact) mass is 474 g/mol. The fraction of sp³-hybridized carbons (Fsp3) is 0.435. The summed E-state index contributed by atoms with van der Waals surface area (Å²) in [6.07, 6.45) is -0.647. The molecule has 34 heavy (non-hydrogen) atoms. The highest BCUT2D eigenvalue weighted by Crippen LogP contribution is 2.14. The standard InChI is InChI=1S/C23H30N4O7/c1-13(2)11-27-18(24)17(19(29)26(6)22(27)32)16(28)12-33-20(30)14-7-9-15(10-8-14)25-21(31)34-23(3,4)5/h7-10,13H,11-12,24H2,1-6H3,(H,25,31).